The first-order chi connectivity index (χ1) is 3.66. The molecule has 0 fully saturated rings. The normalized spacial score (nSPS) is 10.2. The van der Waals surface area contributed by atoms with Crippen molar-refractivity contribution in [1.82, 2.24) is 0 Å². The Balaban J connectivity index is 0. The molecule has 0 aromatic carbocycles. The van der Waals surface area contributed by atoms with Crippen LogP contribution in [0, 0.1) is 0 Å². The van der Waals surface area contributed by atoms with Crippen LogP contribution in [0.3, 0.4) is 0 Å². The van der Waals surface area contributed by atoms with Gasteiger partial charge in [0.2, 0.25) is 0 Å². The molecule has 0 aromatic rings. The molecule has 0 aliphatic rings. The fourth-order valence-corrected chi connectivity index (χ4v) is 0.518. The maximum atomic E-state index is 10.3. The average molecular weight is 313 g/mol. The molecule has 0 saturated heterocycles. The van der Waals surface area contributed by atoms with Crippen LogP contribution in [0.2, 0.25) is 0 Å². The average Bonchev–Trinajstić information content (AvgIpc) is 1.65. The molecule has 0 unspecified atom stereocenters. The Bertz CT molecular complexity index is 120. The predicted octanol–water partition coefficient (Wildman–Crippen LogP) is 1.41. The van der Waals surface area contributed by atoms with Crippen molar-refractivity contribution in [3.63, 3.8) is 0 Å². The van der Waals surface area contributed by atoms with Crippen LogP contribution in [-0.2, 0) is 38.5 Å². The van der Waals surface area contributed by atoms with E-state index in [0.29, 0.717) is 6.42 Å². The molecule has 0 radical (unpaired) electrons. The van der Waals surface area contributed by atoms with E-state index in [2.05, 4.69) is 12.6 Å². The molecule has 0 aromatic heterocycles. The Hall–Kier alpha value is 0.318. The summed E-state index contributed by atoms with van der Waals surface area (Å²) < 4.78 is 0. The van der Waals surface area contributed by atoms with Crippen LogP contribution in [0.15, 0.2) is 11.0 Å². The first kappa shape index (κ1) is 12.0. The van der Waals surface area contributed by atoms with Gasteiger partial charge in [-0.15, -0.1) is 0 Å². The maximum absolute atomic E-state index is 10.3. The fourth-order valence-electron chi connectivity index (χ4n) is 0.434. The molecular formula is C6H9OSW-. The Morgan fingerprint density at radius 2 is 2.00 bits per heavy atom. The minimum Gasteiger partial charge on any atom is -0.787 e. The maximum Gasteiger partial charge on any atom is 0.133 e. The van der Waals surface area contributed by atoms with E-state index >= 15 is 0 Å². The van der Waals surface area contributed by atoms with E-state index < -0.39 is 0 Å². The summed E-state index contributed by atoms with van der Waals surface area (Å²) >= 11 is 4.58. The van der Waals surface area contributed by atoms with Crippen LogP contribution in [0.25, 0.3) is 0 Å². The van der Waals surface area contributed by atoms with Crippen molar-refractivity contribution in [3.05, 3.63) is 11.0 Å². The summed E-state index contributed by atoms with van der Waals surface area (Å²) in [7, 11) is 0. The van der Waals surface area contributed by atoms with E-state index in [9.17, 15) is 4.79 Å². The van der Waals surface area contributed by atoms with Crippen LogP contribution >= 0.6 is 0 Å². The van der Waals surface area contributed by atoms with Crippen molar-refractivity contribution in [2.45, 2.75) is 20.3 Å². The molecule has 0 spiro atoms. The third kappa shape index (κ3) is 8.32. The smallest absolute Gasteiger partial charge is 0.133 e. The monoisotopic (exact) mass is 313 g/mol. The first-order valence-electron chi connectivity index (χ1n) is 2.44. The minimum atomic E-state index is 0. The van der Waals surface area contributed by atoms with Gasteiger partial charge in [-0.05, 0) is 13.8 Å². The van der Waals surface area contributed by atoms with Crippen LogP contribution in [0.1, 0.15) is 20.3 Å². The van der Waals surface area contributed by atoms with Gasteiger partial charge in [0.15, 0.2) is 0 Å². The zero-order valence-electron chi connectivity index (χ0n) is 5.51. The van der Waals surface area contributed by atoms with Gasteiger partial charge in [-0.3, -0.25) is 4.79 Å². The SMILES string of the molecule is CC(=O)C/C(C)=C/[S-].[W]. The molecule has 0 aliphatic carbocycles. The standard InChI is InChI=1S/C6H10OS.W/c1-5(4-8)3-6(2)7;/h4,8H,3H2,1-2H3;/p-1/b5-4+;. The summed E-state index contributed by atoms with van der Waals surface area (Å²) in [6.45, 7) is 3.41. The summed E-state index contributed by atoms with van der Waals surface area (Å²) in [5.41, 5.74) is 0.965. The van der Waals surface area contributed by atoms with Gasteiger partial charge in [0, 0.05) is 27.5 Å². The van der Waals surface area contributed by atoms with E-state index in [1.165, 1.54) is 0 Å². The minimum absolute atomic E-state index is 0. The van der Waals surface area contributed by atoms with Gasteiger partial charge >= 0.3 is 0 Å². The Kier molecular flexibility index (Phi) is 8.61. The zero-order chi connectivity index (χ0) is 6.57. The molecule has 9 heavy (non-hydrogen) atoms. The molecule has 0 N–H and O–H groups in total. The van der Waals surface area contributed by atoms with Crippen LogP contribution in [0.5, 0.6) is 0 Å². The van der Waals surface area contributed by atoms with Crippen molar-refractivity contribution in [1.29, 1.82) is 0 Å². The quantitative estimate of drug-likeness (QED) is 0.717. The number of allylic oxidation sites excluding steroid dienone is 1. The molecule has 0 amide bonds. The largest absolute Gasteiger partial charge is 0.787 e. The fraction of sp³-hybridized carbons (Fsp3) is 0.500. The van der Waals surface area contributed by atoms with Crippen molar-refractivity contribution >= 4 is 18.4 Å². The van der Waals surface area contributed by atoms with Gasteiger partial charge in [0.25, 0.3) is 0 Å². The molecule has 0 aliphatic heterocycles. The van der Waals surface area contributed by atoms with Gasteiger partial charge in [-0.2, -0.15) is 0 Å². The molecule has 3 heteroatoms. The van der Waals surface area contributed by atoms with Gasteiger partial charge < -0.3 is 12.6 Å². The zero-order valence-corrected chi connectivity index (χ0v) is 9.26. The number of ketones is 1. The molecule has 52 valence electrons. The van der Waals surface area contributed by atoms with Crippen molar-refractivity contribution in [2.75, 3.05) is 0 Å². The molecule has 0 rings (SSSR count). The Labute approximate surface area is 75.6 Å². The van der Waals surface area contributed by atoms with Crippen molar-refractivity contribution < 1.29 is 25.9 Å². The van der Waals surface area contributed by atoms with Gasteiger partial charge in [-0.25, -0.2) is 5.41 Å². The molecular weight excluding hydrogens is 304 g/mol. The van der Waals surface area contributed by atoms with E-state index in [-0.39, 0.29) is 26.8 Å². The summed E-state index contributed by atoms with van der Waals surface area (Å²) in [5.74, 6) is 0.170. The number of hydrogen-bond acceptors (Lipinski definition) is 2. The van der Waals surface area contributed by atoms with Crippen LogP contribution in [-0.4, -0.2) is 5.78 Å². The first-order valence-corrected chi connectivity index (χ1v) is 2.91. The number of hydrogen-bond donors (Lipinski definition) is 0. The molecule has 0 atom stereocenters. The molecule has 0 heterocycles. The topological polar surface area (TPSA) is 17.1 Å². The van der Waals surface area contributed by atoms with E-state index in [1.54, 1.807) is 12.3 Å². The second-order valence-corrected chi connectivity index (χ2v) is 2.08. The third-order valence-electron chi connectivity index (χ3n) is 0.729. The number of carbonyl (C=O) groups excluding carboxylic acids is 1. The summed E-state index contributed by atoms with van der Waals surface area (Å²) in [4.78, 5) is 10.3. The van der Waals surface area contributed by atoms with Crippen molar-refractivity contribution in [2.24, 2.45) is 0 Å². The van der Waals surface area contributed by atoms with Crippen molar-refractivity contribution in [3.8, 4) is 0 Å². The molecule has 0 bridgehead atoms. The molecule has 1 nitrogen and oxygen atoms in total. The van der Waals surface area contributed by atoms with Gasteiger partial charge in [0.1, 0.15) is 5.78 Å². The third-order valence-corrected chi connectivity index (χ3v) is 1.13. The van der Waals surface area contributed by atoms with E-state index in [1.807, 2.05) is 6.92 Å². The van der Waals surface area contributed by atoms with E-state index in [4.69, 9.17) is 0 Å². The summed E-state index contributed by atoms with van der Waals surface area (Å²) in [6, 6.07) is 0. The number of carbonyl (C=O) groups is 1. The summed E-state index contributed by atoms with van der Waals surface area (Å²) in [5, 5.41) is 1.54. The number of rotatable bonds is 2. The molecule has 0 saturated carbocycles. The number of Topliss-reactive ketones (excluding diaryl/α,β-unsaturated/α-hetero) is 1. The second kappa shape index (κ2) is 6.44. The van der Waals surface area contributed by atoms with E-state index in [0.717, 1.165) is 5.57 Å². The second-order valence-electron chi connectivity index (χ2n) is 1.84. The van der Waals surface area contributed by atoms with Crippen LogP contribution in [0.4, 0.5) is 0 Å². The predicted molar refractivity (Wildman–Crippen MR) is 36.4 cm³/mol. The Morgan fingerprint density at radius 1 is 1.56 bits per heavy atom. The Morgan fingerprint density at radius 3 is 2.11 bits per heavy atom. The van der Waals surface area contributed by atoms with Gasteiger partial charge in [0.05, 0.1) is 0 Å². The summed E-state index contributed by atoms with van der Waals surface area (Å²) in [6.07, 6.45) is 0.503. The van der Waals surface area contributed by atoms with Gasteiger partial charge in [-0.1, -0.05) is 5.57 Å². The van der Waals surface area contributed by atoms with Crippen LogP contribution < -0.4 is 0 Å².